The summed E-state index contributed by atoms with van der Waals surface area (Å²) in [4.78, 5) is 0. The third-order valence-electron chi connectivity index (χ3n) is 12.7. The topological polar surface area (TPSA) is 4.93 Å². The summed E-state index contributed by atoms with van der Waals surface area (Å²) in [5.74, 6) is 0. The van der Waals surface area contributed by atoms with Crippen molar-refractivity contribution in [3.63, 3.8) is 0 Å². The molecule has 11 aromatic rings. The van der Waals surface area contributed by atoms with Crippen LogP contribution in [0, 0.1) is 0 Å². The van der Waals surface area contributed by atoms with Crippen LogP contribution in [0.3, 0.4) is 0 Å². The average Bonchev–Trinajstić information content (AvgIpc) is 3.81. The fraction of sp³-hybridized carbons (Fsp3) is 0.0175. The number of benzene rings is 10. The summed E-state index contributed by atoms with van der Waals surface area (Å²) in [6, 6.07) is 80.7. The highest BCUT2D eigenvalue weighted by atomic mass is 79.9. The average molecular weight is 815 g/mol. The van der Waals surface area contributed by atoms with Crippen LogP contribution in [0.5, 0.6) is 0 Å². The number of halogens is 1. The Morgan fingerprint density at radius 2 is 0.898 bits per heavy atom. The number of hydrogen-bond acceptors (Lipinski definition) is 0. The van der Waals surface area contributed by atoms with Gasteiger partial charge in [0.25, 0.3) is 0 Å². The quantitative estimate of drug-likeness (QED) is 0.153. The maximum absolute atomic E-state index is 3.76. The van der Waals surface area contributed by atoms with Gasteiger partial charge in [-0.3, -0.25) is 0 Å². The minimum Gasteiger partial charge on any atom is -0.309 e. The van der Waals surface area contributed by atoms with Crippen molar-refractivity contribution < 1.29 is 0 Å². The van der Waals surface area contributed by atoms with E-state index in [0.29, 0.717) is 0 Å². The zero-order valence-corrected chi connectivity index (χ0v) is 33.7. The first kappa shape index (κ1) is 34.1. The molecule has 0 amide bonds. The highest BCUT2D eigenvalue weighted by Crippen LogP contribution is 2.57. The maximum atomic E-state index is 3.76. The smallest absolute Gasteiger partial charge is 0.0713 e. The fourth-order valence-corrected chi connectivity index (χ4v) is 10.8. The third-order valence-corrected chi connectivity index (χ3v) is 13.4. The van der Waals surface area contributed by atoms with Gasteiger partial charge in [-0.1, -0.05) is 210 Å². The third kappa shape index (κ3) is 4.97. The van der Waals surface area contributed by atoms with E-state index in [4.69, 9.17) is 0 Å². The van der Waals surface area contributed by atoms with Gasteiger partial charge >= 0.3 is 0 Å². The molecule has 12 rings (SSSR count). The normalized spacial score (nSPS) is 13.0. The molecule has 0 spiro atoms. The molecule has 0 fully saturated rings. The Hall–Kier alpha value is -7.00. The van der Waals surface area contributed by atoms with Crippen LogP contribution >= 0.6 is 15.9 Å². The van der Waals surface area contributed by atoms with Crippen molar-refractivity contribution in [3.05, 3.63) is 245 Å². The molecule has 276 valence electrons. The molecule has 1 aromatic heterocycles. The van der Waals surface area contributed by atoms with Gasteiger partial charge in [0.15, 0.2) is 0 Å². The molecule has 1 aliphatic carbocycles. The minimum absolute atomic E-state index is 0.453. The SMILES string of the molecule is Brc1ccccc1-c1ccc(-c2ccc3c4c5ccccc5c5ccccc5c4n(-c4ccc5c(c4)-c4ccccc4C5(c4ccccc4)c4ccccc4)c3c2)cc1. The Labute approximate surface area is 351 Å². The van der Waals surface area contributed by atoms with Crippen molar-refractivity contribution in [2.45, 2.75) is 5.41 Å². The molecular formula is C57H36BrN. The number of fused-ring (bicyclic) bond motifs is 11. The van der Waals surface area contributed by atoms with E-state index >= 15 is 0 Å². The first-order valence-corrected chi connectivity index (χ1v) is 21.1. The van der Waals surface area contributed by atoms with Crippen molar-refractivity contribution in [2.75, 3.05) is 0 Å². The molecule has 1 heterocycles. The van der Waals surface area contributed by atoms with Crippen LogP contribution in [0.2, 0.25) is 0 Å². The van der Waals surface area contributed by atoms with Crippen LogP contribution < -0.4 is 0 Å². The Balaban J connectivity index is 1.16. The van der Waals surface area contributed by atoms with Gasteiger partial charge in [-0.15, -0.1) is 0 Å². The van der Waals surface area contributed by atoms with E-state index in [1.807, 2.05) is 0 Å². The van der Waals surface area contributed by atoms with E-state index in [-0.39, 0.29) is 0 Å². The Morgan fingerprint density at radius 1 is 0.356 bits per heavy atom. The lowest BCUT2D eigenvalue weighted by Crippen LogP contribution is -2.28. The summed E-state index contributed by atoms with van der Waals surface area (Å²) in [7, 11) is 0. The Morgan fingerprint density at radius 3 is 1.61 bits per heavy atom. The molecule has 1 nitrogen and oxygen atoms in total. The second-order valence-electron chi connectivity index (χ2n) is 15.7. The first-order valence-electron chi connectivity index (χ1n) is 20.3. The molecule has 10 aromatic carbocycles. The molecule has 0 saturated heterocycles. The number of aromatic nitrogens is 1. The van der Waals surface area contributed by atoms with Crippen LogP contribution in [0.25, 0.3) is 82.4 Å². The second kappa shape index (κ2) is 13.3. The minimum atomic E-state index is -0.453. The zero-order valence-electron chi connectivity index (χ0n) is 32.1. The van der Waals surface area contributed by atoms with Crippen molar-refractivity contribution in [2.24, 2.45) is 0 Å². The molecular weight excluding hydrogens is 779 g/mol. The Kier molecular flexibility index (Phi) is 7.67. The molecule has 2 heteroatoms. The summed E-state index contributed by atoms with van der Waals surface area (Å²) in [6.45, 7) is 0. The Bertz CT molecular complexity index is 3390. The van der Waals surface area contributed by atoms with Gasteiger partial charge in [0, 0.05) is 26.3 Å². The first-order chi connectivity index (χ1) is 29.2. The summed E-state index contributed by atoms with van der Waals surface area (Å²) in [5.41, 5.74) is 15.6. The predicted octanol–water partition coefficient (Wildman–Crippen LogP) is 15.5. The molecule has 0 aliphatic heterocycles. The van der Waals surface area contributed by atoms with Crippen LogP contribution in [0.15, 0.2) is 223 Å². The number of hydrogen-bond donors (Lipinski definition) is 0. The fourth-order valence-electron chi connectivity index (χ4n) is 10.2. The van der Waals surface area contributed by atoms with Gasteiger partial charge in [-0.2, -0.15) is 0 Å². The molecule has 1 aliphatic rings. The standard InChI is InChI=1S/C57H36BrN/c58-53-26-14-12-19-43(53)38-29-27-37(28-30-38)39-31-33-49-54(35-39)59(56-48-24-10-8-21-45(48)44-20-7-9-23-47(44)55(49)56)42-32-34-52-50(36-42)46-22-11-13-25-51(46)57(52,40-15-3-1-4-16-40)41-17-5-2-6-18-41/h1-36H. The molecule has 0 atom stereocenters. The van der Waals surface area contributed by atoms with Gasteiger partial charge in [-0.25, -0.2) is 0 Å². The second-order valence-corrected chi connectivity index (χ2v) is 16.6. The van der Waals surface area contributed by atoms with E-state index in [2.05, 4.69) is 239 Å². The lowest BCUT2D eigenvalue weighted by atomic mass is 9.68. The molecule has 0 bridgehead atoms. The van der Waals surface area contributed by atoms with Gasteiger partial charge in [0.05, 0.1) is 16.4 Å². The van der Waals surface area contributed by atoms with E-state index in [0.717, 1.165) is 10.2 Å². The van der Waals surface area contributed by atoms with E-state index in [9.17, 15) is 0 Å². The van der Waals surface area contributed by atoms with Crippen molar-refractivity contribution in [1.29, 1.82) is 0 Å². The summed E-state index contributed by atoms with van der Waals surface area (Å²) >= 11 is 3.76. The predicted molar refractivity (Wildman–Crippen MR) is 252 cm³/mol. The lowest BCUT2D eigenvalue weighted by Gasteiger charge is -2.33. The number of rotatable bonds is 5. The maximum Gasteiger partial charge on any atom is 0.0713 e. The van der Waals surface area contributed by atoms with Crippen LogP contribution in [-0.2, 0) is 5.41 Å². The van der Waals surface area contributed by atoms with Gasteiger partial charge in [-0.05, 0) is 96.1 Å². The molecule has 0 unspecified atom stereocenters. The van der Waals surface area contributed by atoms with Crippen molar-refractivity contribution >= 4 is 59.3 Å². The van der Waals surface area contributed by atoms with Gasteiger partial charge in [0.1, 0.15) is 0 Å². The van der Waals surface area contributed by atoms with E-state index in [1.165, 1.54) is 99.0 Å². The molecule has 0 N–H and O–H groups in total. The summed E-state index contributed by atoms with van der Waals surface area (Å²) in [5, 5.41) is 7.60. The summed E-state index contributed by atoms with van der Waals surface area (Å²) in [6.07, 6.45) is 0. The largest absolute Gasteiger partial charge is 0.309 e. The van der Waals surface area contributed by atoms with Crippen molar-refractivity contribution in [1.82, 2.24) is 4.57 Å². The van der Waals surface area contributed by atoms with Crippen LogP contribution in [0.4, 0.5) is 0 Å². The molecule has 59 heavy (non-hydrogen) atoms. The van der Waals surface area contributed by atoms with E-state index in [1.54, 1.807) is 0 Å². The van der Waals surface area contributed by atoms with E-state index < -0.39 is 5.41 Å². The van der Waals surface area contributed by atoms with Crippen LogP contribution in [-0.4, -0.2) is 4.57 Å². The summed E-state index contributed by atoms with van der Waals surface area (Å²) < 4.78 is 3.65. The van der Waals surface area contributed by atoms with Crippen molar-refractivity contribution in [3.8, 4) is 39.1 Å². The zero-order chi connectivity index (χ0) is 39.1. The van der Waals surface area contributed by atoms with Gasteiger partial charge in [0.2, 0.25) is 0 Å². The monoisotopic (exact) mass is 813 g/mol. The van der Waals surface area contributed by atoms with Crippen LogP contribution in [0.1, 0.15) is 22.3 Å². The molecule has 0 radical (unpaired) electrons. The lowest BCUT2D eigenvalue weighted by molar-refractivity contribution is 0.768. The number of nitrogens with zero attached hydrogens (tertiary/aromatic N) is 1. The van der Waals surface area contributed by atoms with Gasteiger partial charge < -0.3 is 4.57 Å². The molecule has 0 saturated carbocycles. The highest BCUT2D eigenvalue weighted by Gasteiger charge is 2.46. The highest BCUT2D eigenvalue weighted by molar-refractivity contribution is 9.10.